The lowest BCUT2D eigenvalue weighted by Crippen LogP contribution is -2.34. The van der Waals surface area contributed by atoms with E-state index in [1.807, 2.05) is 0 Å². The lowest BCUT2D eigenvalue weighted by Gasteiger charge is -2.22. The molecule has 0 aliphatic carbocycles. The Hall–Kier alpha value is -3.03. The van der Waals surface area contributed by atoms with Crippen molar-refractivity contribution in [1.82, 2.24) is 14.9 Å². The Morgan fingerprint density at radius 2 is 1.71 bits per heavy atom. The number of nitrogens with zero attached hydrogens (tertiary/aromatic N) is 2. The van der Waals surface area contributed by atoms with Gasteiger partial charge in [0, 0.05) is 12.1 Å². The van der Waals surface area contributed by atoms with E-state index >= 15 is 0 Å². The molecule has 148 valence electrons. The van der Waals surface area contributed by atoms with E-state index in [2.05, 4.69) is 10.3 Å². The van der Waals surface area contributed by atoms with Crippen LogP contribution in [0.25, 0.3) is 16.7 Å². The van der Waals surface area contributed by atoms with Gasteiger partial charge in [-0.1, -0.05) is 0 Å². The largest absolute Gasteiger partial charge is 0.444 e. The molecule has 0 aliphatic rings. The molecular weight excluding hydrogens is 371 g/mol. The standard InChI is InChI=1S/C20H20F3N3O2/c1-11(24-19(27)28-20(2,3)4)18-25-16-6-5-12(21)10-17(16)26(18)15-8-13(22)7-14(23)9-15/h5-11H,1-4H3,(H,24,27). The summed E-state index contributed by atoms with van der Waals surface area (Å²) < 4.78 is 48.0. The number of ether oxygens (including phenoxy) is 1. The molecule has 28 heavy (non-hydrogen) atoms. The number of hydrogen-bond acceptors (Lipinski definition) is 3. The average molecular weight is 391 g/mol. The van der Waals surface area contributed by atoms with Gasteiger partial charge in [-0.15, -0.1) is 0 Å². The van der Waals surface area contributed by atoms with Crippen molar-refractivity contribution in [3.8, 4) is 5.69 Å². The molecule has 0 bridgehead atoms. The molecule has 3 rings (SSSR count). The van der Waals surface area contributed by atoms with Crippen LogP contribution in [0.5, 0.6) is 0 Å². The molecular formula is C20H20F3N3O2. The van der Waals surface area contributed by atoms with Gasteiger partial charge in [-0.05, 0) is 52.0 Å². The van der Waals surface area contributed by atoms with Gasteiger partial charge in [0.15, 0.2) is 0 Å². The molecule has 1 unspecified atom stereocenters. The van der Waals surface area contributed by atoms with Crippen molar-refractivity contribution in [3.63, 3.8) is 0 Å². The lowest BCUT2D eigenvalue weighted by molar-refractivity contribution is 0.0505. The van der Waals surface area contributed by atoms with Crippen molar-refractivity contribution in [2.75, 3.05) is 0 Å². The van der Waals surface area contributed by atoms with Crippen LogP contribution in [0, 0.1) is 17.5 Å². The van der Waals surface area contributed by atoms with Crippen molar-refractivity contribution >= 4 is 17.1 Å². The molecule has 0 radical (unpaired) electrons. The lowest BCUT2D eigenvalue weighted by atomic mass is 10.2. The number of alkyl carbamates (subject to hydrolysis) is 1. The second-order valence-electron chi connectivity index (χ2n) is 7.43. The highest BCUT2D eigenvalue weighted by molar-refractivity contribution is 5.79. The minimum Gasteiger partial charge on any atom is -0.444 e. The minimum absolute atomic E-state index is 0.124. The maximum Gasteiger partial charge on any atom is 0.408 e. The molecule has 1 N–H and O–H groups in total. The number of carbonyl (C=O) groups excluding carboxylic acids is 1. The Kier molecular flexibility index (Phi) is 5.06. The molecule has 1 heterocycles. The number of halogens is 3. The van der Waals surface area contributed by atoms with Crippen LogP contribution in [0.4, 0.5) is 18.0 Å². The summed E-state index contributed by atoms with van der Waals surface area (Å²) in [5.74, 6) is -1.82. The number of hydrogen-bond donors (Lipinski definition) is 1. The number of amides is 1. The fraction of sp³-hybridized carbons (Fsp3) is 0.300. The van der Waals surface area contributed by atoms with E-state index in [-0.39, 0.29) is 11.5 Å². The van der Waals surface area contributed by atoms with Crippen LogP contribution >= 0.6 is 0 Å². The summed E-state index contributed by atoms with van der Waals surface area (Å²) in [5.41, 5.74) is 0.161. The fourth-order valence-corrected chi connectivity index (χ4v) is 2.85. The molecule has 3 aromatic rings. The Labute approximate surface area is 160 Å². The third kappa shape index (κ3) is 4.27. The van der Waals surface area contributed by atoms with Crippen LogP contribution in [0.15, 0.2) is 36.4 Å². The van der Waals surface area contributed by atoms with E-state index in [0.717, 1.165) is 18.2 Å². The van der Waals surface area contributed by atoms with Crippen LogP contribution in [0.3, 0.4) is 0 Å². The topological polar surface area (TPSA) is 56.1 Å². The Morgan fingerprint density at radius 3 is 2.32 bits per heavy atom. The third-order valence-electron chi connectivity index (χ3n) is 3.87. The zero-order valence-corrected chi connectivity index (χ0v) is 15.9. The van der Waals surface area contributed by atoms with Crippen molar-refractivity contribution in [1.29, 1.82) is 0 Å². The molecule has 0 spiro atoms. The molecule has 1 aromatic heterocycles. The zero-order chi connectivity index (χ0) is 20.6. The van der Waals surface area contributed by atoms with Gasteiger partial charge >= 0.3 is 6.09 Å². The van der Waals surface area contributed by atoms with E-state index in [4.69, 9.17) is 4.74 Å². The number of imidazole rings is 1. The summed E-state index contributed by atoms with van der Waals surface area (Å²) in [5, 5.41) is 2.64. The van der Waals surface area contributed by atoms with Gasteiger partial charge in [0.25, 0.3) is 0 Å². The average Bonchev–Trinajstić information content (AvgIpc) is 2.90. The summed E-state index contributed by atoms with van der Waals surface area (Å²) in [6.45, 7) is 6.83. The predicted molar refractivity (Wildman–Crippen MR) is 98.7 cm³/mol. The van der Waals surface area contributed by atoms with Crippen molar-refractivity contribution in [2.24, 2.45) is 0 Å². The van der Waals surface area contributed by atoms with Gasteiger partial charge in [-0.3, -0.25) is 4.57 Å². The monoisotopic (exact) mass is 391 g/mol. The Morgan fingerprint density at radius 1 is 1.07 bits per heavy atom. The molecule has 0 saturated heterocycles. The fourth-order valence-electron chi connectivity index (χ4n) is 2.85. The van der Waals surface area contributed by atoms with Crippen LogP contribution < -0.4 is 5.32 Å². The highest BCUT2D eigenvalue weighted by Gasteiger charge is 2.23. The zero-order valence-electron chi connectivity index (χ0n) is 15.9. The van der Waals surface area contributed by atoms with E-state index in [1.165, 1.54) is 22.8 Å². The molecule has 0 fully saturated rings. The quantitative estimate of drug-likeness (QED) is 0.681. The van der Waals surface area contributed by atoms with E-state index in [0.29, 0.717) is 11.0 Å². The van der Waals surface area contributed by atoms with Gasteiger partial charge in [0.05, 0.1) is 22.8 Å². The summed E-state index contributed by atoms with van der Waals surface area (Å²) >= 11 is 0. The second kappa shape index (κ2) is 7.18. The highest BCUT2D eigenvalue weighted by atomic mass is 19.1. The first-order valence-electron chi connectivity index (χ1n) is 8.67. The first-order chi connectivity index (χ1) is 13.0. The van der Waals surface area contributed by atoms with Crippen molar-refractivity contribution < 1.29 is 22.7 Å². The molecule has 1 amide bonds. The maximum atomic E-state index is 13.8. The maximum absolute atomic E-state index is 13.8. The van der Waals surface area contributed by atoms with Gasteiger partial charge in [0.2, 0.25) is 0 Å². The first-order valence-corrected chi connectivity index (χ1v) is 8.67. The van der Waals surface area contributed by atoms with Crippen LogP contribution in [-0.2, 0) is 4.74 Å². The van der Waals surface area contributed by atoms with E-state index in [9.17, 15) is 18.0 Å². The summed E-state index contributed by atoms with van der Waals surface area (Å²) in [6, 6.07) is 6.19. The molecule has 1 atom stereocenters. The summed E-state index contributed by atoms with van der Waals surface area (Å²) in [6.07, 6.45) is -0.671. The molecule has 2 aromatic carbocycles. The van der Waals surface area contributed by atoms with Gasteiger partial charge in [-0.25, -0.2) is 22.9 Å². The van der Waals surface area contributed by atoms with Crippen molar-refractivity contribution in [3.05, 3.63) is 59.7 Å². The van der Waals surface area contributed by atoms with Gasteiger partial charge < -0.3 is 10.1 Å². The normalized spacial score (nSPS) is 12.8. The van der Waals surface area contributed by atoms with E-state index < -0.39 is 35.2 Å². The number of carbonyl (C=O) groups is 1. The summed E-state index contributed by atoms with van der Waals surface area (Å²) in [7, 11) is 0. The number of nitrogens with one attached hydrogen (secondary N) is 1. The third-order valence-corrected chi connectivity index (χ3v) is 3.87. The minimum atomic E-state index is -0.785. The van der Waals surface area contributed by atoms with E-state index in [1.54, 1.807) is 27.7 Å². The van der Waals surface area contributed by atoms with Crippen LogP contribution in [-0.4, -0.2) is 21.2 Å². The molecule has 8 heteroatoms. The van der Waals surface area contributed by atoms with Crippen LogP contribution in [0.1, 0.15) is 39.6 Å². The number of benzene rings is 2. The smallest absolute Gasteiger partial charge is 0.408 e. The number of rotatable bonds is 3. The summed E-state index contributed by atoms with van der Waals surface area (Å²) in [4.78, 5) is 16.5. The molecule has 0 aliphatic heterocycles. The Balaban J connectivity index is 2.10. The SMILES string of the molecule is CC(NC(=O)OC(C)(C)C)c1nc2ccc(F)cc2n1-c1cc(F)cc(F)c1. The molecule has 5 nitrogen and oxygen atoms in total. The van der Waals surface area contributed by atoms with Gasteiger partial charge in [-0.2, -0.15) is 0 Å². The molecule has 0 saturated carbocycles. The first kappa shape index (κ1) is 19.7. The van der Waals surface area contributed by atoms with Gasteiger partial charge in [0.1, 0.15) is 28.9 Å². The number of fused-ring (bicyclic) bond motifs is 1. The van der Waals surface area contributed by atoms with Crippen LogP contribution in [0.2, 0.25) is 0 Å². The Bertz CT molecular complexity index is 1020. The number of aromatic nitrogens is 2. The second-order valence-corrected chi connectivity index (χ2v) is 7.43. The van der Waals surface area contributed by atoms with Crippen molar-refractivity contribution in [2.45, 2.75) is 39.3 Å². The predicted octanol–water partition coefficient (Wildman–Crippen LogP) is 5.03. The highest BCUT2D eigenvalue weighted by Crippen LogP contribution is 2.27.